The monoisotopic (exact) mass is 447 g/mol. The average molecular weight is 449 g/mol. The van der Waals surface area contributed by atoms with Gasteiger partial charge in [-0.15, -0.1) is 0 Å². The molecule has 0 heterocycles. The lowest BCUT2D eigenvalue weighted by molar-refractivity contribution is 0.0526. The van der Waals surface area contributed by atoms with Gasteiger partial charge in [-0.25, -0.2) is 13.2 Å². The van der Waals surface area contributed by atoms with E-state index in [-0.39, 0.29) is 27.8 Å². The molecule has 0 bridgehead atoms. The van der Waals surface area contributed by atoms with Crippen molar-refractivity contribution in [3.05, 3.63) is 51.5 Å². The number of esters is 1. The third-order valence-electron chi connectivity index (χ3n) is 3.16. The molecule has 0 aliphatic heterocycles. The number of sulfonamides is 1. The SMILES string of the molecule is CCOC(=O)c1ccc(NS(=O)(=O)c2ccc(OC)c(Br)c2)c(Cl)c1. The third kappa shape index (κ3) is 4.65. The molecule has 0 saturated heterocycles. The molecular weight excluding hydrogens is 434 g/mol. The van der Waals surface area contributed by atoms with Crippen LogP contribution in [-0.2, 0) is 14.8 Å². The maximum Gasteiger partial charge on any atom is 0.338 e. The van der Waals surface area contributed by atoms with Crippen LogP contribution in [0.3, 0.4) is 0 Å². The van der Waals surface area contributed by atoms with E-state index in [9.17, 15) is 13.2 Å². The van der Waals surface area contributed by atoms with E-state index in [1.54, 1.807) is 6.92 Å². The number of rotatable bonds is 6. The quantitative estimate of drug-likeness (QED) is 0.673. The van der Waals surface area contributed by atoms with Crippen LogP contribution in [0, 0.1) is 0 Å². The first-order valence-electron chi connectivity index (χ1n) is 7.11. The van der Waals surface area contributed by atoms with Crippen molar-refractivity contribution in [2.75, 3.05) is 18.4 Å². The van der Waals surface area contributed by atoms with E-state index in [1.807, 2.05) is 0 Å². The number of carbonyl (C=O) groups excluding carboxylic acids is 1. The Balaban J connectivity index is 2.29. The van der Waals surface area contributed by atoms with Crippen molar-refractivity contribution < 1.29 is 22.7 Å². The molecule has 134 valence electrons. The van der Waals surface area contributed by atoms with Crippen molar-refractivity contribution in [1.29, 1.82) is 0 Å². The summed E-state index contributed by atoms with van der Waals surface area (Å²) in [5, 5.41) is 0.0849. The van der Waals surface area contributed by atoms with Gasteiger partial charge in [0.15, 0.2) is 0 Å². The van der Waals surface area contributed by atoms with Crippen LogP contribution in [0.1, 0.15) is 17.3 Å². The maximum atomic E-state index is 12.5. The summed E-state index contributed by atoms with van der Waals surface area (Å²) in [5.41, 5.74) is 0.392. The van der Waals surface area contributed by atoms with Crippen LogP contribution in [0.15, 0.2) is 45.8 Å². The van der Waals surface area contributed by atoms with Gasteiger partial charge < -0.3 is 9.47 Å². The molecule has 0 aliphatic rings. The van der Waals surface area contributed by atoms with Crippen LogP contribution in [0.2, 0.25) is 5.02 Å². The summed E-state index contributed by atoms with van der Waals surface area (Å²) in [7, 11) is -2.38. The minimum Gasteiger partial charge on any atom is -0.496 e. The summed E-state index contributed by atoms with van der Waals surface area (Å²) in [5.74, 6) is -0.0198. The summed E-state index contributed by atoms with van der Waals surface area (Å²) < 4.78 is 37.9. The molecule has 0 aromatic heterocycles. The Morgan fingerprint density at radius 3 is 2.52 bits per heavy atom. The Morgan fingerprint density at radius 2 is 1.96 bits per heavy atom. The number of methoxy groups -OCH3 is 1. The van der Waals surface area contributed by atoms with Gasteiger partial charge >= 0.3 is 5.97 Å². The highest BCUT2D eigenvalue weighted by atomic mass is 79.9. The topological polar surface area (TPSA) is 81.7 Å². The van der Waals surface area contributed by atoms with E-state index in [0.717, 1.165) is 0 Å². The van der Waals surface area contributed by atoms with Gasteiger partial charge in [-0.2, -0.15) is 0 Å². The molecule has 0 amide bonds. The third-order valence-corrected chi connectivity index (χ3v) is 5.45. The first-order valence-corrected chi connectivity index (χ1v) is 9.77. The van der Waals surface area contributed by atoms with Crippen LogP contribution in [-0.4, -0.2) is 28.1 Å². The number of carbonyl (C=O) groups is 1. The van der Waals surface area contributed by atoms with Gasteiger partial charge in [-0.05, 0) is 59.3 Å². The summed E-state index contributed by atoms with van der Waals surface area (Å²) in [4.78, 5) is 11.7. The molecule has 1 N–H and O–H groups in total. The van der Waals surface area contributed by atoms with Crippen molar-refractivity contribution in [3.8, 4) is 5.75 Å². The van der Waals surface area contributed by atoms with Crippen LogP contribution < -0.4 is 9.46 Å². The zero-order chi connectivity index (χ0) is 18.6. The Labute approximate surface area is 159 Å². The second-order valence-corrected chi connectivity index (χ2v) is 7.76. The minimum absolute atomic E-state index is 0.0331. The highest BCUT2D eigenvalue weighted by Crippen LogP contribution is 2.30. The summed E-state index contributed by atoms with van der Waals surface area (Å²) in [6.07, 6.45) is 0. The molecule has 25 heavy (non-hydrogen) atoms. The molecule has 2 aromatic carbocycles. The fourth-order valence-electron chi connectivity index (χ4n) is 1.96. The minimum atomic E-state index is -3.86. The normalized spacial score (nSPS) is 11.0. The van der Waals surface area contributed by atoms with Crippen molar-refractivity contribution in [1.82, 2.24) is 0 Å². The molecule has 0 unspecified atom stereocenters. The first kappa shape index (κ1) is 19.6. The van der Waals surface area contributed by atoms with E-state index in [0.29, 0.717) is 10.2 Å². The van der Waals surface area contributed by atoms with Gasteiger partial charge in [0.1, 0.15) is 5.75 Å². The van der Waals surface area contributed by atoms with Crippen LogP contribution in [0.4, 0.5) is 5.69 Å². The molecule has 0 spiro atoms. The fraction of sp³-hybridized carbons (Fsp3) is 0.188. The molecule has 0 atom stereocenters. The summed E-state index contributed by atoms with van der Waals surface area (Å²) in [6.45, 7) is 1.92. The van der Waals surface area contributed by atoms with Crippen molar-refractivity contribution in [2.45, 2.75) is 11.8 Å². The van der Waals surface area contributed by atoms with Crippen molar-refractivity contribution >= 4 is 49.2 Å². The standard InChI is InChI=1S/C16H15BrClNO5S/c1-3-24-16(20)10-4-6-14(13(18)8-10)19-25(21,22)11-5-7-15(23-2)12(17)9-11/h4-9,19H,3H2,1-2H3. The van der Waals surface area contributed by atoms with E-state index < -0.39 is 16.0 Å². The largest absolute Gasteiger partial charge is 0.496 e. The van der Waals surface area contributed by atoms with E-state index in [2.05, 4.69) is 20.7 Å². The van der Waals surface area contributed by atoms with Crippen molar-refractivity contribution in [2.24, 2.45) is 0 Å². The van der Waals surface area contributed by atoms with Gasteiger partial charge in [0.2, 0.25) is 0 Å². The number of nitrogens with one attached hydrogen (secondary N) is 1. The predicted molar refractivity (Wildman–Crippen MR) is 98.9 cm³/mol. The average Bonchev–Trinajstić information content (AvgIpc) is 2.56. The maximum absolute atomic E-state index is 12.5. The van der Waals surface area contributed by atoms with Gasteiger partial charge in [0, 0.05) is 0 Å². The second-order valence-electron chi connectivity index (χ2n) is 4.82. The molecule has 6 nitrogen and oxygen atoms in total. The predicted octanol–water partition coefficient (Wildman–Crippen LogP) is 4.09. The van der Waals surface area contributed by atoms with Crippen LogP contribution >= 0.6 is 27.5 Å². The Kier molecular flexibility index (Phi) is 6.31. The van der Waals surface area contributed by atoms with Gasteiger partial charge in [-0.1, -0.05) is 11.6 Å². The lowest BCUT2D eigenvalue weighted by Gasteiger charge is -2.12. The lowest BCUT2D eigenvalue weighted by Crippen LogP contribution is -2.14. The summed E-state index contributed by atoms with van der Waals surface area (Å²) >= 11 is 9.33. The Hall–Kier alpha value is -1.77. The zero-order valence-electron chi connectivity index (χ0n) is 13.4. The van der Waals surface area contributed by atoms with Gasteiger partial charge in [0.25, 0.3) is 10.0 Å². The second kappa shape index (κ2) is 8.07. The Bertz CT molecular complexity index is 901. The number of anilines is 1. The highest BCUT2D eigenvalue weighted by Gasteiger charge is 2.18. The van der Waals surface area contributed by atoms with Crippen molar-refractivity contribution in [3.63, 3.8) is 0 Å². The van der Waals surface area contributed by atoms with Gasteiger partial charge in [-0.3, -0.25) is 4.72 Å². The first-order chi connectivity index (χ1) is 11.8. The fourth-order valence-corrected chi connectivity index (χ4v) is 4.04. The lowest BCUT2D eigenvalue weighted by atomic mass is 10.2. The van der Waals surface area contributed by atoms with Crippen LogP contribution in [0.25, 0.3) is 0 Å². The molecule has 2 aromatic rings. The van der Waals surface area contributed by atoms with Gasteiger partial charge in [0.05, 0.1) is 39.4 Å². The molecular formula is C16H15BrClNO5S. The molecule has 0 radical (unpaired) electrons. The molecule has 9 heteroatoms. The van der Waals surface area contributed by atoms with E-state index >= 15 is 0 Å². The molecule has 0 fully saturated rings. The molecule has 0 saturated carbocycles. The number of ether oxygens (including phenoxy) is 2. The smallest absolute Gasteiger partial charge is 0.338 e. The van der Waals surface area contributed by atoms with E-state index in [1.165, 1.54) is 43.5 Å². The highest BCUT2D eigenvalue weighted by molar-refractivity contribution is 9.10. The zero-order valence-corrected chi connectivity index (χ0v) is 16.5. The summed E-state index contributed by atoms with van der Waals surface area (Å²) in [6, 6.07) is 8.55. The number of hydrogen-bond acceptors (Lipinski definition) is 5. The molecule has 2 rings (SSSR count). The Morgan fingerprint density at radius 1 is 1.24 bits per heavy atom. The number of benzene rings is 2. The van der Waals surface area contributed by atoms with E-state index in [4.69, 9.17) is 21.1 Å². The number of halogens is 2. The number of hydrogen-bond donors (Lipinski definition) is 1. The van der Waals surface area contributed by atoms with Crippen LogP contribution in [0.5, 0.6) is 5.75 Å². The molecule has 0 aliphatic carbocycles.